The van der Waals surface area contributed by atoms with Gasteiger partial charge in [0.05, 0.1) is 0 Å². The molecule has 0 aliphatic carbocycles. The third-order valence-electron chi connectivity index (χ3n) is 3.76. The van der Waals surface area contributed by atoms with Crippen LogP contribution in [0.1, 0.15) is 26.7 Å². The molecule has 0 spiro atoms. The fourth-order valence-corrected chi connectivity index (χ4v) is 2.68. The molecule has 1 fully saturated rings. The Morgan fingerprint density at radius 2 is 2.00 bits per heavy atom. The highest BCUT2D eigenvalue weighted by Crippen LogP contribution is 2.18. The van der Waals surface area contributed by atoms with Gasteiger partial charge >= 0.3 is 11.8 Å². The van der Waals surface area contributed by atoms with Crippen molar-refractivity contribution in [1.29, 1.82) is 0 Å². The van der Waals surface area contributed by atoms with Crippen molar-refractivity contribution in [3.8, 4) is 0 Å². The highest BCUT2D eigenvalue weighted by atomic mass is 16.2. The maximum atomic E-state index is 12.4. The second kappa shape index (κ2) is 6.55. The number of hydrogen-bond acceptors (Lipinski definition) is 2. The van der Waals surface area contributed by atoms with Crippen LogP contribution in [0.2, 0.25) is 0 Å². The predicted molar refractivity (Wildman–Crippen MR) is 79.4 cm³/mol. The molecular weight excluding hydrogens is 252 g/mol. The number of nitrogens with zero attached hydrogens (tertiary/aromatic N) is 2. The number of carbonyl (C=O) groups is 2. The van der Waals surface area contributed by atoms with Gasteiger partial charge in [0.15, 0.2) is 0 Å². The van der Waals surface area contributed by atoms with E-state index in [1.807, 2.05) is 37.3 Å². The average molecular weight is 274 g/mol. The molecule has 4 nitrogen and oxygen atoms in total. The van der Waals surface area contributed by atoms with Gasteiger partial charge in [-0.25, -0.2) is 0 Å². The number of rotatable bonds is 2. The zero-order chi connectivity index (χ0) is 14.5. The van der Waals surface area contributed by atoms with Crippen LogP contribution in [-0.2, 0) is 9.59 Å². The fraction of sp³-hybridized carbons (Fsp3) is 0.500. The van der Waals surface area contributed by atoms with E-state index < -0.39 is 5.91 Å². The molecule has 0 radical (unpaired) electrons. The van der Waals surface area contributed by atoms with Gasteiger partial charge in [0, 0.05) is 25.3 Å². The summed E-state index contributed by atoms with van der Waals surface area (Å²) in [5.41, 5.74) is 0.776. The number of likely N-dealkylation sites (tertiary alicyclic amines) is 1. The molecule has 0 N–H and O–H groups in total. The van der Waals surface area contributed by atoms with Crippen LogP contribution < -0.4 is 4.90 Å². The van der Waals surface area contributed by atoms with Gasteiger partial charge in [-0.3, -0.25) is 9.59 Å². The first-order valence-corrected chi connectivity index (χ1v) is 7.29. The highest BCUT2D eigenvalue weighted by Gasteiger charge is 2.29. The standard InChI is InChI=1S/C16H22N2O2/c1-3-18(14-9-5-4-6-10-14)16(20)15(19)17-11-7-8-13(2)12-17/h4-6,9-10,13H,3,7-8,11-12H2,1-2H3. The smallest absolute Gasteiger partial charge is 0.316 e. The first-order chi connectivity index (χ1) is 9.63. The van der Waals surface area contributed by atoms with Gasteiger partial charge in [-0.05, 0) is 37.8 Å². The van der Waals surface area contributed by atoms with Crippen LogP contribution in [-0.4, -0.2) is 36.3 Å². The van der Waals surface area contributed by atoms with Gasteiger partial charge in [0.25, 0.3) is 0 Å². The second-order valence-electron chi connectivity index (χ2n) is 5.38. The highest BCUT2D eigenvalue weighted by molar-refractivity contribution is 6.40. The molecule has 2 rings (SSSR count). The van der Waals surface area contributed by atoms with Crippen molar-refractivity contribution >= 4 is 17.5 Å². The summed E-state index contributed by atoms with van der Waals surface area (Å²) in [6, 6.07) is 9.36. The van der Waals surface area contributed by atoms with Crippen molar-refractivity contribution in [3.63, 3.8) is 0 Å². The van der Waals surface area contributed by atoms with Gasteiger partial charge in [-0.1, -0.05) is 25.1 Å². The van der Waals surface area contributed by atoms with Crippen molar-refractivity contribution in [3.05, 3.63) is 30.3 Å². The lowest BCUT2D eigenvalue weighted by Crippen LogP contribution is -2.48. The van der Waals surface area contributed by atoms with E-state index in [9.17, 15) is 9.59 Å². The molecule has 0 aromatic heterocycles. The Morgan fingerprint density at radius 3 is 2.60 bits per heavy atom. The van der Waals surface area contributed by atoms with Crippen molar-refractivity contribution in [2.75, 3.05) is 24.5 Å². The molecule has 1 atom stereocenters. The summed E-state index contributed by atoms with van der Waals surface area (Å²) in [4.78, 5) is 28.0. The number of anilines is 1. The largest absolute Gasteiger partial charge is 0.334 e. The quantitative estimate of drug-likeness (QED) is 0.776. The summed E-state index contributed by atoms with van der Waals surface area (Å²) in [6.07, 6.45) is 2.12. The maximum Gasteiger partial charge on any atom is 0.316 e. The zero-order valence-corrected chi connectivity index (χ0v) is 12.2. The number of para-hydroxylation sites is 1. The molecule has 1 aliphatic rings. The molecule has 1 aromatic carbocycles. The van der Waals surface area contributed by atoms with Crippen LogP contribution in [0.25, 0.3) is 0 Å². The number of amides is 2. The Bertz CT molecular complexity index is 473. The molecule has 0 saturated carbocycles. The van der Waals surface area contributed by atoms with E-state index in [0.29, 0.717) is 25.6 Å². The number of likely N-dealkylation sites (N-methyl/N-ethyl adjacent to an activating group) is 1. The molecule has 108 valence electrons. The Kier molecular flexibility index (Phi) is 4.77. The second-order valence-corrected chi connectivity index (χ2v) is 5.38. The van der Waals surface area contributed by atoms with Crippen LogP contribution in [0, 0.1) is 5.92 Å². The first-order valence-electron chi connectivity index (χ1n) is 7.29. The van der Waals surface area contributed by atoms with Crippen LogP contribution in [0.3, 0.4) is 0 Å². The van der Waals surface area contributed by atoms with E-state index in [4.69, 9.17) is 0 Å². The molecule has 2 amide bonds. The van der Waals surface area contributed by atoms with E-state index in [1.54, 1.807) is 9.80 Å². The lowest BCUT2D eigenvalue weighted by atomic mass is 10.0. The minimum absolute atomic E-state index is 0.373. The normalized spacial score (nSPS) is 18.7. The van der Waals surface area contributed by atoms with E-state index in [-0.39, 0.29) is 5.91 Å². The Labute approximate surface area is 120 Å². The summed E-state index contributed by atoms with van der Waals surface area (Å²) in [5, 5.41) is 0. The van der Waals surface area contributed by atoms with Crippen LogP contribution in [0.4, 0.5) is 5.69 Å². The van der Waals surface area contributed by atoms with Gasteiger partial charge in [-0.2, -0.15) is 0 Å². The molecule has 4 heteroatoms. The maximum absolute atomic E-state index is 12.4. The first kappa shape index (κ1) is 14.6. The fourth-order valence-electron chi connectivity index (χ4n) is 2.68. The minimum Gasteiger partial charge on any atom is -0.334 e. The van der Waals surface area contributed by atoms with E-state index >= 15 is 0 Å². The molecule has 20 heavy (non-hydrogen) atoms. The monoisotopic (exact) mass is 274 g/mol. The zero-order valence-electron chi connectivity index (χ0n) is 12.2. The molecule has 1 heterocycles. The molecule has 1 saturated heterocycles. The lowest BCUT2D eigenvalue weighted by Gasteiger charge is -2.32. The van der Waals surface area contributed by atoms with E-state index in [0.717, 1.165) is 18.5 Å². The van der Waals surface area contributed by atoms with Gasteiger partial charge in [0.2, 0.25) is 0 Å². The SMILES string of the molecule is CCN(C(=O)C(=O)N1CCCC(C)C1)c1ccccc1. The lowest BCUT2D eigenvalue weighted by molar-refractivity contribution is -0.145. The topological polar surface area (TPSA) is 40.6 Å². The van der Waals surface area contributed by atoms with Crippen LogP contribution in [0.5, 0.6) is 0 Å². The van der Waals surface area contributed by atoms with Gasteiger partial charge in [-0.15, -0.1) is 0 Å². The summed E-state index contributed by atoms with van der Waals surface area (Å²) >= 11 is 0. The van der Waals surface area contributed by atoms with Crippen molar-refractivity contribution in [2.45, 2.75) is 26.7 Å². The number of carbonyl (C=O) groups excluding carboxylic acids is 2. The van der Waals surface area contributed by atoms with Crippen LogP contribution >= 0.6 is 0 Å². The Balaban J connectivity index is 2.10. The third-order valence-corrected chi connectivity index (χ3v) is 3.76. The summed E-state index contributed by atoms with van der Waals surface area (Å²) < 4.78 is 0. The summed E-state index contributed by atoms with van der Waals surface area (Å²) in [6.45, 7) is 5.89. The Hall–Kier alpha value is -1.84. The Morgan fingerprint density at radius 1 is 1.30 bits per heavy atom. The van der Waals surface area contributed by atoms with E-state index in [1.165, 1.54) is 0 Å². The summed E-state index contributed by atoms with van der Waals surface area (Å²) in [7, 11) is 0. The minimum atomic E-state index is -0.423. The van der Waals surface area contributed by atoms with Crippen molar-refractivity contribution < 1.29 is 9.59 Å². The average Bonchev–Trinajstić information content (AvgIpc) is 2.48. The predicted octanol–water partition coefficient (Wildman–Crippen LogP) is 2.30. The third kappa shape index (κ3) is 3.18. The van der Waals surface area contributed by atoms with Crippen molar-refractivity contribution in [1.82, 2.24) is 4.90 Å². The van der Waals surface area contributed by atoms with Gasteiger partial charge in [0.1, 0.15) is 0 Å². The summed E-state index contributed by atoms with van der Waals surface area (Å²) in [5.74, 6) is -0.317. The number of hydrogen-bond donors (Lipinski definition) is 0. The van der Waals surface area contributed by atoms with E-state index in [2.05, 4.69) is 6.92 Å². The molecular formula is C16H22N2O2. The van der Waals surface area contributed by atoms with Crippen molar-refractivity contribution in [2.24, 2.45) is 5.92 Å². The number of benzene rings is 1. The molecule has 0 bridgehead atoms. The van der Waals surface area contributed by atoms with Gasteiger partial charge < -0.3 is 9.80 Å². The number of piperidine rings is 1. The molecule has 1 unspecified atom stereocenters. The molecule has 1 aromatic rings. The molecule has 1 aliphatic heterocycles. The van der Waals surface area contributed by atoms with Crippen LogP contribution in [0.15, 0.2) is 30.3 Å².